The molecule has 300 valence electrons. The summed E-state index contributed by atoms with van der Waals surface area (Å²) in [6.45, 7) is 17.6. The first-order valence-electron chi connectivity index (χ1n) is 18.7. The van der Waals surface area contributed by atoms with Gasteiger partial charge in [0.25, 0.3) is 0 Å². The Morgan fingerprint density at radius 1 is 0.907 bits per heavy atom. The first-order valence-corrected chi connectivity index (χ1v) is 19.5. The van der Waals surface area contributed by atoms with Gasteiger partial charge in [-0.15, -0.1) is 0 Å². The lowest BCUT2D eigenvalue weighted by atomic mass is 9.89. The fraction of sp³-hybridized carbons (Fsp3) is 0.667. The van der Waals surface area contributed by atoms with Gasteiger partial charge in [-0.25, -0.2) is 0 Å². The number of hydrogen-bond acceptors (Lipinski definition) is 9. The molecule has 0 unspecified atom stereocenters. The standard InChI is InChI=1S/C39H58BrN5O9/c1-21(2)16-25-18-30(46)24-13-14-27(40)26(17-24)20-41-35(50)29-12-11-15-45(29)37(52)22(3)42-36(51)32(23(4)53-38(5,6)7)44-34(49)28(43-33(25)48)19-31(47)54-39(8,9)10/h13-14,17,21-23,25,28-29,32H,11-12,15-16,18-20H2,1-10H3,(H,41,50)(H,42,51)(H,43,48)(H,44,49)/t22-,23+,25+,28-,29-,32-/m0/s1. The third kappa shape index (κ3) is 13.2. The first kappa shape index (κ1) is 44.5. The molecule has 2 aliphatic heterocycles. The van der Waals surface area contributed by atoms with Crippen molar-refractivity contribution in [1.82, 2.24) is 26.2 Å². The third-order valence-electron chi connectivity index (χ3n) is 8.96. The molecule has 0 spiro atoms. The molecule has 4 N–H and O–H groups in total. The predicted molar refractivity (Wildman–Crippen MR) is 205 cm³/mol. The van der Waals surface area contributed by atoms with Crippen LogP contribution in [0.15, 0.2) is 22.7 Å². The van der Waals surface area contributed by atoms with Gasteiger partial charge in [0.2, 0.25) is 29.5 Å². The van der Waals surface area contributed by atoms with Crippen molar-refractivity contribution >= 4 is 57.2 Å². The van der Waals surface area contributed by atoms with E-state index in [1.807, 2.05) is 13.8 Å². The Morgan fingerprint density at radius 2 is 1.57 bits per heavy atom. The number of rotatable bonds is 6. The van der Waals surface area contributed by atoms with Crippen LogP contribution in [0.2, 0.25) is 0 Å². The predicted octanol–water partition coefficient (Wildman–Crippen LogP) is 3.71. The summed E-state index contributed by atoms with van der Waals surface area (Å²) in [4.78, 5) is 97.5. The Morgan fingerprint density at radius 3 is 2.19 bits per heavy atom. The van der Waals surface area contributed by atoms with Crippen molar-refractivity contribution < 1.29 is 43.0 Å². The van der Waals surface area contributed by atoms with Crippen LogP contribution in [0.25, 0.3) is 0 Å². The Labute approximate surface area is 327 Å². The van der Waals surface area contributed by atoms with Crippen LogP contribution in [0.5, 0.6) is 0 Å². The Kier molecular flexibility index (Phi) is 15.4. The van der Waals surface area contributed by atoms with Crippen LogP contribution in [0.3, 0.4) is 0 Å². The van der Waals surface area contributed by atoms with Crippen LogP contribution in [0.1, 0.15) is 117 Å². The molecule has 54 heavy (non-hydrogen) atoms. The van der Waals surface area contributed by atoms with E-state index in [1.54, 1.807) is 66.7 Å². The largest absolute Gasteiger partial charge is 0.460 e. The van der Waals surface area contributed by atoms with Crippen LogP contribution in [-0.2, 0) is 44.8 Å². The number of Topliss-reactive ketones (excluding diaryl/α,β-unsaturated/α-hetero) is 1. The van der Waals surface area contributed by atoms with E-state index in [0.717, 1.165) is 0 Å². The van der Waals surface area contributed by atoms with E-state index in [-0.39, 0.29) is 30.6 Å². The number of ether oxygens (including phenoxy) is 2. The molecule has 2 bridgehead atoms. The number of ketones is 1. The van der Waals surface area contributed by atoms with Gasteiger partial charge in [-0.1, -0.05) is 35.8 Å². The highest BCUT2D eigenvalue weighted by atomic mass is 79.9. The number of carbonyl (C=O) groups is 7. The lowest BCUT2D eigenvalue weighted by Crippen LogP contribution is -2.61. The monoisotopic (exact) mass is 819 g/mol. The molecule has 0 aromatic heterocycles. The summed E-state index contributed by atoms with van der Waals surface area (Å²) in [5, 5.41) is 10.9. The van der Waals surface area contributed by atoms with Gasteiger partial charge in [0.05, 0.1) is 18.1 Å². The van der Waals surface area contributed by atoms with Gasteiger partial charge in [-0.3, -0.25) is 33.6 Å². The molecule has 0 saturated carbocycles. The quantitative estimate of drug-likeness (QED) is 0.310. The molecule has 5 amide bonds. The van der Waals surface area contributed by atoms with Crippen molar-refractivity contribution in [2.45, 2.75) is 149 Å². The van der Waals surface area contributed by atoms with Crippen molar-refractivity contribution in [3.63, 3.8) is 0 Å². The highest BCUT2D eigenvalue weighted by Crippen LogP contribution is 2.25. The second-order valence-electron chi connectivity index (χ2n) is 16.7. The van der Waals surface area contributed by atoms with Crippen molar-refractivity contribution in [3.05, 3.63) is 33.8 Å². The van der Waals surface area contributed by atoms with Gasteiger partial charge < -0.3 is 35.6 Å². The number of amides is 5. The molecule has 15 heteroatoms. The van der Waals surface area contributed by atoms with Crippen molar-refractivity contribution in [1.29, 1.82) is 0 Å². The van der Waals surface area contributed by atoms with E-state index in [1.165, 1.54) is 11.8 Å². The van der Waals surface area contributed by atoms with Gasteiger partial charge in [0.15, 0.2) is 5.78 Å². The van der Waals surface area contributed by atoms with Crippen LogP contribution in [0.4, 0.5) is 0 Å². The molecule has 1 aromatic carbocycles. The van der Waals surface area contributed by atoms with E-state index in [4.69, 9.17) is 9.47 Å². The summed E-state index contributed by atoms with van der Waals surface area (Å²) in [5.74, 6) is -5.10. The minimum Gasteiger partial charge on any atom is -0.460 e. The fourth-order valence-electron chi connectivity index (χ4n) is 6.62. The van der Waals surface area contributed by atoms with E-state index in [0.29, 0.717) is 41.4 Å². The second kappa shape index (κ2) is 18.7. The summed E-state index contributed by atoms with van der Waals surface area (Å²) in [6.07, 6.45) is -0.413. The molecule has 14 nitrogen and oxygen atoms in total. The molecule has 3 rings (SSSR count). The number of halogens is 1. The summed E-state index contributed by atoms with van der Waals surface area (Å²) in [5.41, 5.74) is -0.703. The average molecular weight is 821 g/mol. The molecule has 1 saturated heterocycles. The fourth-order valence-corrected chi connectivity index (χ4v) is 7.01. The van der Waals surface area contributed by atoms with E-state index in [2.05, 4.69) is 37.2 Å². The van der Waals surface area contributed by atoms with E-state index < -0.39 is 83.4 Å². The SMILES string of the molecule is CC(C)C[C@@H]1CC(=O)c2ccc(Br)c(c2)CNC(=O)[C@@H]2CCCN2C(=O)[C@H](C)NC(=O)[C@H]([C@@H](C)OC(C)(C)C)NC(=O)[C@H](CC(=O)OC(C)(C)C)NC1=O. The zero-order chi connectivity index (χ0) is 40.7. The summed E-state index contributed by atoms with van der Waals surface area (Å²) in [7, 11) is 0. The molecule has 6 atom stereocenters. The van der Waals surface area contributed by atoms with Gasteiger partial charge in [-0.2, -0.15) is 0 Å². The number of carbonyl (C=O) groups excluding carboxylic acids is 7. The smallest absolute Gasteiger partial charge is 0.308 e. The van der Waals surface area contributed by atoms with Crippen molar-refractivity contribution in [2.75, 3.05) is 6.54 Å². The minimum absolute atomic E-state index is 0.0137. The summed E-state index contributed by atoms with van der Waals surface area (Å²) < 4.78 is 12.2. The zero-order valence-electron chi connectivity index (χ0n) is 33.2. The molecule has 2 aliphatic rings. The zero-order valence-corrected chi connectivity index (χ0v) is 34.8. The summed E-state index contributed by atoms with van der Waals surface area (Å²) >= 11 is 3.50. The Hall–Kier alpha value is -3.85. The van der Waals surface area contributed by atoms with E-state index >= 15 is 0 Å². The lowest BCUT2D eigenvalue weighted by Gasteiger charge is -2.33. The molecular weight excluding hydrogens is 762 g/mol. The van der Waals surface area contributed by atoms with Gasteiger partial charge in [0, 0.05) is 35.5 Å². The maximum Gasteiger partial charge on any atom is 0.308 e. The van der Waals surface area contributed by atoms with Crippen molar-refractivity contribution in [3.8, 4) is 0 Å². The number of fused-ring (bicyclic) bond motifs is 3. The number of nitrogens with one attached hydrogen (secondary N) is 4. The number of esters is 1. The number of nitrogens with zero attached hydrogens (tertiary/aromatic N) is 1. The van der Waals surface area contributed by atoms with Crippen LogP contribution in [-0.4, -0.2) is 94.2 Å². The Balaban J connectivity index is 2.11. The number of benzene rings is 1. The average Bonchev–Trinajstić information content (AvgIpc) is 3.53. The van der Waals surface area contributed by atoms with Crippen molar-refractivity contribution in [2.24, 2.45) is 11.8 Å². The van der Waals surface area contributed by atoms with Gasteiger partial charge >= 0.3 is 5.97 Å². The Bertz CT molecular complexity index is 1580. The number of hydrogen-bond donors (Lipinski definition) is 4. The normalized spacial score (nSPS) is 24.8. The highest BCUT2D eigenvalue weighted by Gasteiger charge is 2.40. The molecule has 0 aliphatic carbocycles. The first-order chi connectivity index (χ1) is 25.0. The molecule has 1 fully saturated rings. The van der Waals surface area contributed by atoms with Crippen LogP contribution in [0, 0.1) is 11.8 Å². The molecule has 1 aromatic rings. The van der Waals surface area contributed by atoms with Gasteiger partial charge in [-0.05, 0) is 98.3 Å². The topological polar surface area (TPSA) is 189 Å². The van der Waals surface area contributed by atoms with Crippen LogP contribution < -0.4 is 21.3 Å². The van der Waals surface area contributed by atoms with Crippen LogP contribution >= 0.6 is 15.9 Å². The minimum atomic E-state index is -1.50. The highest BCUT2D eigenvalue weighted by molar-refractivity contribution is 9.10. The lowest BCUT2D eigenvalue weighted by molar-refractivity contribution is -0.157. The molecule has 2 heterocycles. The van der Waals surface area contributed by atoms with Gasteiger partial charge in [0.1, 0.15) is 29.8 Å². The second-order valence-corrected chi connectivity index (χ2v) is 17.5. The maximum absolute atomic E-state index is 14.1. The third-order valence-corrected chi connectivity index (χ3v) is 9.73. The molecule has 0 radical (unpaired) electrons. The summed E-state index contributed by atoms with van der Waals surface area (Å²) in [6, 6.07) is 0.218. The maximum atomic E-state index is 14.1. The molecular formula is C39H58BrN5O9. The van der Waals surface area contributed by atoms with E-state index in [9.17, 15) is 33.6 Å².